The van der Waals surface area contributed by atoms with Gasteiger partial charge in [-0.2, -0.15) is 11.6 Å². The molecule has 0 radical (unpaired) electrons. The van der Waals surface area contributed by atoms with Crippen LogP contribution in [0.4, 0.5) is 0 Å². The van der Waals surface area contributed by atoms with Crippen LogP contribution in [0.25, 0.3) is 5.57 Å². The van der Waals surface area contributed by atoms with Crippen molar-refractivity contribution in [3.05, 3.63) is 108 Å². The fourth-order valence-electron chi connectivity index (χ4n) is 2.60. The molecule has 0 unspecified atom stereocenters. The Morgan fingerprint density at radius 1 is 1.06 bits per heavy atom. The van der Waals surface area contributed by atoms with E-state index in [1.165, 1.54) is 14.9 Å². The Morgan fingerprint density at radius 2 is 1.71 bits per heavy atom. The number of ether oxygens (including phenoxy) is 1. The van der Waals surface area contributed by atoms with E-state index in [4.69, 9.17) is 4.74 Å². The predicted octanol–water partition coefficient (Wildman–Crippen LogP) is 8.07. The Morgan fingerprint density at radius 3 is 2.16 bits per heavy atom. The van der Waals surface area contributed by atoms with E-state index in [-0.39, 0.29) is 0 Å². The van der Waals surface area contributed by atoms with Crippen LogP contribution in [-0.4, -0.2) is 3.81 Å². The predicted molar refractivity (Wildman–Crippen MR) is 133 cm³/mol. The minimum atomic E-state index is 0.323. The molecule has 2 aromatic rings. The zero-order valence-electron chi connectivity index (χ0n) is 19.8. The molecule has 0 aromatic heterocycles. The zero-order chi connectivity index (χ0) is 23.3. The van der Waals surface area contributed by atoms with E-state index in [1.807, 2.05) is 61.5 Å². The average molecular weight is 447 g/mol. The first-order chi connectivity index (χ1) is 14.6. The third-order valence-electron chi connectivity index (χ3n) is 4.20. The summed E-state index contributed by atoms with van der Waals surface area (Å²) in [5.41, 5.74) is 4.99. The van der Waals surface area contributed by atoms with E-state index >= 15 is 0 Å². The van der Waals surface area contributed by atoms with Gasteiger partial charge in [0.15, 0.2) is 0 Å². The maximum atomic E-state index is 5.66. The van der Waals surface area contributed by atoms with Gasteiger partial charge >= 0.3 is 37.6 Å². The number of allylic oxidation sites excluding steroid dienone is 6. The van der Waals surface area contributed by atoms with Crippen LogP contribution in [0.15, 0.2) is 91.2 Å². The molecule has 0 saturated carbocycles. The van der Waals surface area contributed by atoms with Crippen molar-refractivity contribution in [1.29, 1.82) is 0 Å². The van der Waals surface area contributed by atoms with Gasteiger partial charge in [0, 0.05) is 5.57 Å². The van der Waals surface area contributed by atoms with Crippen LogP contribution in [0.1, 0.15) is 52.2 Å². The van der Waals surface area contributed by atoms with Gasteiger partial charge in [-0.25, -0.2) is 6.08 Å². The molecule has 2 heteroatoms. The molecule has 0 atom stereocenters. The van der Waals surface area contributed by atoms with Crippen molar-refractivity contribution >= 4 is 9.38 Å². The van der Waals surface area contributed by atoms with Crippen LogP contribution in [-0.2, 0) is 20.0 Å². The van der Waals surface area contributed by atoms with Gasteiger partial charge in [0.05, 0.1) is 6.26 Å². The molecule has 3 rings (SSSR count). The van der Waals surface area contributed by atoms with E-state index in [1.54, 1.807) is 12.3 Å². The molecule has 31 heavy (non-hydrogen) atoms. The summed E-state index contributed by atoms with van der Waals surface area (Å²) in [5, 5.41) is 0. The molecule has 2 aromatic carbocycles. The molecule has 0 bridgehead atoms. The fraction of sp³-hybridized carbons (Fsp3) is 0.276. The van der Waals surface area contributed by atoms with Gasteiger partial charge in [0.2, 0.25) is 0 Å². The van der Waals surface area contributed by atoms with Crippen LogP contribution >= 0.6 is 0 Å². The van der Waals surface area contributed by atoms with Crippen LogP contribution in [0.5, 0.6) is 5.75 Å². The Hall–Kier alpha value is -2.22. The van der Waals surface area contributed by atoms with Gasteiger partial charge in [-0.3, -0.25) is 6.08 Å². The van der Waals surface area contributed by atoms with Crippen LogP contribution in [0, 0.1) is 18.4 Å². The third kappa shape index (κ3) is 11.7. The molecule has 0 saturated heterocycles. The number of rotatable bonds is 4. The summed E-state index contributed by atoms with van der Waals surface area (Å²) in [7, 11) is 0. The summed E-state index contributed by atoms with van der Waals surface area (Å²) in [6.07, 6.45) is 12.0. The Balaban J connectivity index is 0.000000307. The topological polar surface area (TPSA) is 9.23 Å². The molecule has 1 aliphatic rings. The third-order valence-corrected chi connectivity index (χ3v) is 4.20. The fourth-order valence-corrected chi connectivity index (χ4v) is 2.60. The van der Waals surface area contributed by atoms with E-state index < -0.39 is 0 Å². The summed E-state index contributed by atoms with van der Waals surface area (Å²) < 4.78 is 7.08. The van der Waals surface area contributed by atoms with Gasteiger partial charge in [0.25, 0.3) is 0 Å². The molecule has 0 N–H and O–H groups in total. The van der Waals surface area contributed by atoms with E-state index in [0.717, 1.165) is 23.3 Å². The number of hydrogen-bond donors (Lipinski definition) is 0. The summed E-state index contributed by atoms with van der Waals surface area (Å²) >= 11 is 2.08. The SMILES string of the molecule is C=CC(=COc1cccc(C)c1)c1ccccc1.CC(C)(C)C1=CC[C-]=C1.C[C](C)=[Ti+]. The standard InChI is InChI=1S/C17H16O.C9H13.C3H6.Ti/c1-3-15(16-9-5-4-6-10-16)13-18-17-11-7-8-14(2)12-17;1-9(2,3)8-6-4-5-7-8;1-3-2;/h3-13H,1H2,2H3;6-7H,4H2,1-3H3;1-2H3;/q;-1;;+1. The first kappa shape index (κ1) is 26.8. The molecule has 0 aliphatic heterocycles. The van der Waals surface area contributed by atoms with Gasteiger partial charge in [-0.15, -0.1) is 6.42 Å². The molecule has 0 amide bonds. The molecular weight excluding hydrogens is 412 g/mol. The number of benzene rings is 2. The van der Waals surface area contributed by atoms with Crippen molar-refractivity contribution in [2.45, 2.75) is 48.0 Å². The van der Waals surface area contributed by atoms with Crippen molar-refractivity contribution in [2.24, 2.45) is 5.41 Å². The van der Waals surface area contributed by atoms with Crippen LogP contribution in [0.2, 0.25) is 0 Å². The first-order valence-corrected chi connectivity index (χ1v) is 11.3. The normalized spacial score (nSPS) is 12.6. The Kier molecular flexibility index (Phi) is 12.1. The van der Waals surface area contributed by atoms with Gasteiger partial charge < -0.3 is 4.74 Å². The van der Waals surface area contributed by atoms with E-state index in [2.05, 4.69) is 79.4 Å². The summed E-state index contributed by atoms with van der Waals surface area (Å²) in [4.78, 5) is 0. The Labute approximate surface area is 201 Å². The molecule has 0 fully saturated rings. The van der Waals surface area contributed by atoms with Crippen molar-refractivity contribution in [3.63, 3.8) is 0 Å². The first-order valence-electron chi connectivity index (χ1n) is 10.5. The second kappa shape index (κ2) is 14.0. The Bertz CT molecular complexity index is 921. The van der Waals surface area contributed by atoms with Crippen molar-refractivity contribution in [3.8, 4) is 5.75 Å². The number of hydrogen-bond acceptors (Lipinski definition) is 1. The monoisotopic (exact) mass is 447 g/mol. The second-order valence-corrected chi connectivity index (χ2v) is 10.1. The molecule has 0 heterocycles. The maximum absolute atomic E-state index is 5.66. The summed E-state index contributed by atoms with van der Waals surface area (Å²) in [6, 6.07) is 18.0. The summed E-state index contributed by atoms with van der Waals surface area (Å²) in [6.45, 7) is 16.7. The molecule has 0 spiro atoms. The molecule has 1 nitrogen and oxygen atoms in total. The molecule has 1 aliphatic carbocycles. The van der Waals surface area contributed by atoms with Gasteiger partial charge in [-0.1, -0.05) is 81.3 Å². The zero-order valence-corrected chi connectivity index (χ0v) is 21.4. The van der Waals surface area contributed by atoms with E-state index in [0.29, 0.717) is 5.41 Å². The average Bonchev–Trinajstić information content (AvgIpc) is 3.25. The van der Waals surface area contributed by atoms with Gasteiger partial charge in [0.1, 0.15) is 5.75 Å². The van der Waals surface area contributed by atoms with E-state index in [9.17, 15) is 0 Å². The van der Waals surface area contributed by atoms with Crippen molar-refractivity contribution < 1.29 is 24.7 Å². The second-order valence-electron chi connectivity index (χ2n) is 8.54. The quantitative estimate of drug-likeness (QED) is 0.199. The van der Waals surface area contributed by atoms with Crippen LogP contribution < -0.4 is 4.74 Å². The van der Waals surface area contributed by atoms with Gasteiger partial charge in [-0.05, 0) is 30.2 Å². The molecular formula is C29H35OTi. The van der Waals surface area contributed by atoms with Crippen LogP contribution in [0.3, 0.4) is 0 Å². The van der Waals surface area contributed by atoms with Crippen molar-refractivity contribution in [2.75, 3.05) is 0 Å². The number of aryl methyl sites for hydroxylation is 1. The molecule has 161 valence electrons. The minimum absolute atomic E-state index is 0.323. The summed E-state index contributed by atoms with van der Waals surface area (Å²) in [5.74, 6) is 0.838. The van der Waals surface area contributed by atoms with Crippen molar-refractivity contribution in [1.82, 2.24) is 0 Å².